The van der Waals surface area contributed by atoms with Gasteiger partial charge in [-0.25, -0.2) is 0 Å². The highest BCUT2D eigenvalue weighted by molar-refractivity contribution is 5.64. The number of pyridine rings is 2. The average molecular weight is 366 g/mol. The Morgan fingerprint density at radius 1 is 0.786 bits per heavy atom. The largest absolute Gasteiger partial charge is 0.256 e. The lowest BCUT2D eigenvalue weighted by Gasteiger charge is -2.11. The third-order valence-corrected chi connectivity index (χ3v) is 5.19. The maximum absolute atomic E-state index is 4.58. The van der Waals surface area contributed by atoms with Gasteiger partial charge in [-0.3, -0.25) is 4.98 Å². The van der Waals surface area contributed by atoms with Crippen molar-refractivity contribution in [1.29, 1.82) is 0 Å². The van der Waals surface area contributed by atoms with E-state index in [4.69, 9.17) is 0 Å². The Balaban J connectivity index is 1.66. The molecule has 0 unspecified atom stereocenters. The number of rotatable bonds is 5. The highest BCUT2D eigenvalue weighted by atomic mass is 15.0. The SMILES string of the molecule is Cc1ccc(CC[n+]2ccccc2-c2ccccc2C)c(-c2ccccn2)c1. The van der Waals surface area contributed by atoms with Crippen LogP contribution in [0.3, 0.4) is 0 Å². The predicted molar refractivity (Wildman–Crippen MR) is 115 cm³/mol. The molecule has 2 aromatic carbocycles. The summed E-state index contributed by atoms with van der Waals surface area (Å²) >= 11 is 0. The van der Waals surface area contributed by atoms with Crippen LogP contribution in [-0.2, 0) is 13.0 Å². The molecule has 0 bridgehead atoms. The Hall–Kier alpha value is -3.26. The van der Waals surface area contributed by atoms with Crippen LogP contribution in [0.4, 0.5) is 0 Å². The zero-order chi connectivity index (χ0) is 19.3. The van der Waals surface area contributed by atoms with Crippen LogP contribution in [0.1, 0.15) is 16.7 Å². The van der Waals surface area contributed by atoms with Crippen molar-refractivity contribution in [1.82, 2.24) is 4.98 Å². The van der Waals surface area contributed by atoms with E-state index in [1.807, 2.05) is 12.3 Å². The first-order valence-corrected chi connectivity index (χ1v) is 9.78. The van der Waals surface area contributed by atoms with Gasteiger partial charge in [0.25, 0.3) is 0 Å². The van der Waals surface area contributed by atoms with Gasteiger partial charge in [-0.2, -0.15) is 4.57 Å². The van der Waals surface area contributed by atoms with E-state index in [0.29, 0.717) is 0 Å². The van der Waals surface area contributed by atoms with Crippen molar-refractivity contribution in [2.45, 2.75) is 26.8 Å². The fraction of sp³-hybridized carbons (Fsp3) is 0.154. The topological polar surface area (TPSA) is 16.8 Å². The zero-order valence-electron chi connectivity index (χ0n) is 16.5. The van der Waals surface area contributed by atoms with Crippen molar-refractivity contribution >= 4 is 0 Å². The molecule has 2 aromatic heterocycles. The van der Waals surface area contributed by atoms with E-state index in [9.17, 15) is 0 Å². The molecule has 4 rings (SSSR count). The highest BCUT2D eigenvalue weighted by Crippen LogP contribution is 2.24. The van der Waals surface area contributed by atoms with Crippen molar-refractivity contribution in [2.75, 3.05) is 0 Å². The summed E-state index contributed by atoms with van der Waals surface area (Å²) < 4.78 is 2.35. The molecule has 0 amide bonds. The van der Waals surface area contributed by atoms with E-state index >= 15 is 0 Å². The van der Waals surface area contributed by atoms with Crippen molar-refractivity contribution < 1.29 is 4.57 Å². The Kier molecular flexibility index (Phi) is 5.29. The Morgan fingerprint density at radius 3 is 2.43 bits per heavy atom. The Labute approximate surface area is 167 Å². The molecule has 28 heavy (non-hydrogen) atoms. The maximum Gasteiger partial charge on any atom is 0.212 e. The summed E-state index contributed by atoms with van der Waals surface area (Å²) in [6.45, 7) is 5.23. The highest BCUT2D eigenvalue weighted by Gasteiger charge is 2.15. The molecular formula is C26H25N2+. The normalized spacial score (nSPS) is 10.8. The fourth-order valence-corrected chi connectivity index (χ4v) is 3.69. The van der Waals surface area contributed by atoms with Crippen LogP contribution in [0.15, 0.2) is 91.3 Å². The van der Waals surface area contributed by atoms with Crippen LogP contribution in [0.5, 0.6) is 0 Å². The van der Waals surface area contributed by atoms with Gasteiger partial charge in [0.2, 0.25) is 5.69 Å². The van der Waals surface area contributed by atoms with E-state index in [2.05, 4.69) is 102 Å². The zero-order valence-corrected chi connectivity index (χ0v) is 16.5. The fourth-order valence-electron chi connectivity index (χ4n) is 3.69. The van der Waals surface area contributed by atoms with Crippen molar-refractivity contribution in [3.8, 4) is 22.5 Å². The molecule has 4 aromatic rings. The van der Waals surface area contributed by atoms with Gasteiger partial charge < -0.3 is 0 Å². The molecule has 0 fully saturated rings. The summed E-state index contributed by atoms with van der Waals surface area (Å²) in [6, 6.07) is 27.8. The lowest BCUT2D eigenvalue weighted by atomic mass is 9.98. The minimum atomic E-state index is 0.924. The average Bonchev–Trinajstić information content (AvgIpc) is 2.74. The van der Waals surface area contributed by atoms with Gasteiger partial charge in [0.1, 0.15) is 0 Å². The van der Waals surface area contributed by atoms with Crippen LogP contribution in [0.2, 0.25) is 0 Å². The molecule has 0 spiro atoms. The van der Waals surface area contributed by atoms with E-state index < -0.39 is 0 Å². The molecule has 2 heterocycles. The predicted octanol–water partition coefficient (Wildman–Crippen LogP) is 5.56. The first-order chi connectivity index (χ1) is 13.7. The van der Waals surface area contributed by atoms with Gasteiger partial charge in [-0.05, 0) is 55.3 Å². The summed E-state index contributed by atoms with van der Waals surface area (Å²) in [4.78, 5) is 4.58. The van der Waals surface area contributed by atoms with E-state index in [0.717, 1.165) is 18.7 Å². The molecule has 0 saturated heterocycles. The second-order valence-electron chi connectivity index (χ2n) is 7.22. The quantitative estimate of drug-likeness (QED) is 0.423. The van der Waals surface area contributed by atoms with E-state index in [-0.39, 0.29) is 0 Å². The number of benzene rings is 2. The minimum absolute atomic E-state index is 0.924. The van der Waals surface area contributed by atoms with Gasteiger partial charge in [0.05, 0.1) is 5.69 Å². The molecular weight excluding hydrogens is 340 g/mol. The molecule has 2 nitrogen and oxygen atoms in total. The van der Waals surface area contributed by atoms with Crippen molar-refractivity contribution in [3.05, 3.63) is 108 Å². The number of aromatic nitrogens is 2. The summed E-state index contributed by atoms with van der Waals surface area (Å²) in [5.74, 6) is 0. The van der Waals surface area contributed by atoms with Crippen LogP contribution in [0.25, 0.3) is 22.5 Å². The van der Waals surface area contributed by atoms with Crippen molar-refractivity contribution in [3.63, 3.8) is 0 Å². The number of aryl methyl sites for hydroxylation is 4. The smallest absolute Gasteiger partial charge is 0.212 e. The Morgan fingerprint density at radius 2 is 1.61 bits per heavy atom. The molecule has 0 aliphatic rings. The first-order valence-electron chi connectivity index (χ1n) is 9.78. The number of hydrogen-bond acceptors (Lipinski definition) is 1. The standard InChI is InChI=1S/C26H25N2/c1-20-13-14-22(24(19-20)25-11-5-7-16-27-25)15-18-28-17-8-6-12-26(28)23-10-4-3-9-21(23)2/h3-14,16-17,19H,15,18H2,1-2H3/q+1. The second-order valence-corrected chi connectivity index (χ2v) is 7.22. The Bertz CT molecular complexity index is 1080. The lowest BCUT2D eigenvalue weighted by Crippen LogP contribution is -2.37. The third-order valence-electron chi connectivity index (χ3n) is 5.19. The summed E-state index contributed by atoms with van der Waals surface area (Å²) in [6.07, 6.45) is 5.00. The van der Waals surface area contributed by atoms with E-state index in [1.54, 1.807) is 0 Å². The van der Waals surface area contributed by atoms with Crippen LogP contribution < -0.4 is 4.57 Å². The minimum Gasteiger partial charge on any atom is -0.256 e. The van der Waals surface area contributed by atoms with Crippen LogP contribution >= 0.6 is 0 Å². The van der Waals surface area contributed by atoms with Crippen LogP contribution in [-0.4, -0.2) is 4.98 Å². The molecule has 0 atom stereocenters. The molecule has 0 aliphatic heterocycles. The summed E-state index contributed by atoms with van der Waals surface area (Å²) in [5, 5.41) is 0. The lowest BCUT2D eigenvalue weighted by molar-refractivity contribution is -0.685. The number of hydrogen-bond donors (Lipinski definition) is 0. The van der Waals surface area contributed by atoms with Gasteiger partial charge in [-0.1, -0.05) is 42.0 Å². The molecule has 0 radical (unpaired) electrons. The molecule has 0 saturated carbocycles. The third kappa shape index (κ3) is 3.86. The monoisotopic (exact) mass is 365 g/mol. The first kappa shape index (κ1) is 18.1. The molecule has 138 valence electrons. The second kappa shape index (κ2) is 8.18. The van der Waals surface area contributed by atoms with Gasteiger partial charge in [-0.15, -0.1) is 0 Å². The van der Waals surface area contributed by atoms with Crippen molar-refractivity contribution in [2.24, 2.45) is 0 Å². The number of nitrogens with zero attached hydrogens (tertiary/aromatic N) is 2. The molecule has 0 N–H and O–H groups in total. The summed E-state index contributed by atoms with van der Waals surface area (Å²) in [7, 11) is 0. The van der Waals surface area contributed by atoms with Gasteiger partial charge >= 0.3 is 0 Å². The van der Waals surface area contributed by atoms with E-state index in [1.165, 1.54) is 33.5 Å². The van der Waals surface area contributed by atoms with Crippen LogP contribution in [0, 0.1) is 13.8 Å². The molecule has 2 heteroatoms. The molecule has 0 aliphatic carbocycles. The van der Waals surface area contributed by atoms with Gasteiger partial charge in [0, 0.05) is 35.9 Å². The summed E-state index contributed by atoms with van der Waals surface area (Å²) in [5.41, 5.74) is 8.71. The van der Waals surface area contributed by atoms with Gasteiger partial charge in [0.15, 0.2) is 12.7 Å². The maximum atomic E-state index is 4.58.